The van der Waals surface area contributed by atoms with Gasteiger partial charge < -0.3 is 5.32 Å². The maximum Gasteiger partial charge on any atom is 0.271 e. The van der Waals surface area contributed by atoms with Crippen molar-refractivity contribution in [2.24, 2.45) is 0 Å². The minimum absolute atomic E-state index is 0.0869. The van der Waals surface area contributed by atoms with Crippen molar-refractivity contribution in [1.29, 1.82) is 0 Å². The summed E-state index contributed by atoms with van der Waals surface area (Å²) in [4.78, 5) is 23.7. The van der Waals surface area contributed by atoms with Gasteiger partial charge in [-0.1, -0.05) is 31.2 Å². The number of nitrogens with one attached hydrogen (secondary N) is 1. The first-order chi connectivity index (χ1) is 14.6. The Morgan fingerprint density at radius 1 is 1.19 bits per heavy atom. The smallest absolute Gasteiger partial charge is 0.271 e. The van der Waals surface area contributed by atoms with E-state index in [2.05, 4.69) is 17.4 Å². The Kier molecular flexibility index (Phi) is 6.64. The molecule has 0 unspecified atom stereocenters. The zero-order valence-electron chi connectivity index (χ0n) is 17.9. The molecule has 0 spiro atoms. The molecule has 0 fully saturated rings. The average Bonchev–Trinajstić information content (AvgIpc) is 3.18. The quantitative estimate of drug-likeness (QED) is 0.494. The summed E-state index contributed by atoms with van der Waals surface area (Å²) >= 11 is 0. The third kappa shape index (κ3) is 5.04. The fraction of sp³-hybridized carbons (Fsp3) is 0.409. The Balaban J connectivity index is 1.87. The lowest BCUT2D eigenvalue weighted by Gasteiger charge is -2.31. The molecule has 0 bridgehead atoms. The third-order valence-electron chi connectivity index (χ3n) is 5.61. The molecule has 0 aliphatic heterocycles. The summed E-state index contributed by atoms with van der Waals surface area (Å²) in [6.45, 7) is 3.57. The number of nitrogens with zero attached hydrogens (tertiary/aromatic N) is 2. The summed E-state index contributed by atoms with van der Waals surface area (Å²) in [6.07, 6.45) is 4.42. The second-order valence-corrected chi connectivity index (χ2v) is 9.73. The van der Waals surface area contributed by atoms with Gasteiger partial charge in [0.05, 0.1) is 22.9 Å². The van der Waals surface area contributed by atoms with Gasteiger partial charge in [0, 0.05) is 12.1 Å². The van der Waals surface area contributed by atoms with Crippen LogP contribution in [-0.2, 0) is 27.7 Å². The summed E-state index contributed by atoms with van der Waals surface area (Å²) < 4.78 is 26.1. The Morgan fingerprint density at radius 2 is 1.90 bits per heavy atom. The minimum Gasteiger partial charge on any atom is -0.348 e. The topological polar surface area (TPSA) is 110 Å². The molecule has 1 aliphatic carbocycles. The van der Waals surface area contributed by atoms with Crippen LogP contribution in [0.5, 0.6) is 0 Å². The predicted molar refractivity (Wildman–Crippen MR) is 120 cm³/mol. The van der Waals surface area contributed by atoms with E-state index in [9.17, 15) is 23.3 Å². The molecule has 9 heteroatoms. The molecule has 1 N–H and O–H groups in total. The zero-order valence-corrected chi connectivity index (χ0v) is 18.7. The van der Waals surface area contributed by atoms with Gasteiger partial charge >= 0.3 is 0 Å². The first kappa shape index (κ1) is 22.7. The van der Waals surface area contributed by atoms with Gasteiger partial charge in [0.15, 0.2) is 0 Å². The van der Waals surface area contributed by atoms with Gasteiger partial charge in [0.2, 0.25) is 15.9 Å². The summed E-state index contributed by atoms with van der Waals surface area (Å²) in [7, 11) is -3.88. The van der Waals surface area contributed by atoms with E-state index in [0.29, 0.717) is 0 Å². The number of nitro groups is 1. The van der Waals surface area contributed by atoms with E-state index in [1.54, 1.807) is 6.92 Å². The molecular formula is C22H27N3O5S. The van der Waals surface area contributed by atoms with Gasteiger partial charge in [-0.3, -0.25) is 19.2 Å². The lowest BCUT2D eigenvalue weighted by atomic mass is 10.0. The molecule has 1 aliphatic rings. The molecular weight excluding hydrogens is 418 g/mol. The van der Waals surface area contributed by atoms with Gasteiger partial charge in [0.1, 0.15) is 6.04 Å². The number of non-ortho nitro benzene ring substituents is 1. The molecule has 0 saturated heterocycles. The summed E-state index contributed by atoms with van der Waals surface area (Å²) in [5, 5.41) is 14.1. The molecule has 3 rings (SSSR count). The maximum absolute atomic E-state index is 13.1. The number of amides is 1. The van der Waals surface area contributed by atoms with E-state index in [0.717, 1.165) is 35.4 Å². The Morgan fingerprint density at radius 3 is 2.55 bits per heavy atom. The zero-order chi connectivity index (χ0) is 22.8. The fourth-order valence-electron chi connectivity index (χ4n) is 4.06. The van der Waals surface area contributed by atoms with Crippen LogP contribution in [0.1, 0.15) is 49.4 Å². The number of aryl methyl sites for hydroxylation is 2. The largest absolute Gasteiger partial charge is 0.348 e. The minimum atomic E-state index is -3.88. The molecule has 8 nitrogen and oxygen atoms in total. The normalized spacial score (nSPS) is 15.1. The number of carbonyl (C=O) groups is 1. The molecule has 31 heavy (non-hydrogen) atoms. The molecule has 0 saturated carbocycles. The summed E-state index contributed by atoms with van der Waals surface area (Å²) in [5.74, 6) is -0.451. The van der Waals surface area contributed by atoms with Crippen LogP contribution in [0.3, 0.4) is 0 Å². The van der Waals surface area contributed by atoms with Crippen molar-refractivity contribution in [3.05, 3.63) is 69.3 Å². The Labute approximate surface area is 182 Å². The highest BCUT2D eigenvalue weighted by Crippen LogP contribution is 2.28. The molecule has 2 atom stereocenters. The van der Waals surface area contributed by atoms with E-state index < -0.39 is 26.9 Å². The maximum atomic E-state index is 13.1. The molecule has 0 aromatic heterocycles. The van der Waals surface area contributed by atoms with E-state index in [1.165, 1.54) is 35.4 Å². The monoisotopic (exact) mass is 445 g/mol. The Bertz CT molecular complexity index is 1100. The van der Waals surface area contributed by atoms with Crippen LogP contribution in [0.4, 0.5) is 11.4 Å². The average molecular weight is 446 g/mol. The van der Waals surface area contributed by atoms with Gasteiger partial charge in [-0.2, -0.15) is 0 Å². The predicted octanol–water partition coefficient (Wildman–Crippen LogP) is 3.51. The van der Waals surface area contributed by atoms with Crippen LogP contribution in [0, 0.1) is 10.1 Å². The standard InChI is InChI=1S/C22H27N3O5S/c1-4-21(24(31(3,29)30)19-9-6-10-20(14-19)25(27)28)22(26)23-15(2)17-12-11-16-7-5-8-18(16)13-17/h6,9-15,21H,4-5,7-8H2,1-3H3,(H,23,26)/t15-,21-/m0/s1. The first-order valence-electron chi connectivity index (χ1n) is 10.3. The van der Waals surface area contributed by atoms with Crippen LogP contribution < -0.4 is 9.62 Å². The number of rotatable bonds is 8. The van der Waals surface area contributed by atoms with Crippen molar-refractivity contribution in [2.75, 3.05) is 10.6 Å². The van der Waals surface area contributed by atoms with Crippen molar-refractivity contribution in [2.45, 2.75) is 51.6 Å². The highest BCUT2D eigenvalue weighted by molar-refractivity contribution is 7.92. The number of carbonyl (C=O) groups excluding carboxylic acids is 1. The third-order valence-corrected chi connectivity index (χ3v) is 6.79. The highest BCUT2D eigenvalue weighted by Gasteiger charge is 2.33. The van der Waals surface area contributed by atoms with Crippen molar-refractivity contribution >= 4 is 27.3 Å². The second kappa shape index (κ2) is 9.05. The van der Waals surface area contributed by atoms with Crippen molar-refractivity contribution in [3.8, 4) is 0 Å². The van der Waals surface area contributed by atoms with Crippen LogP contribution in [0.15, 0.2) is 42.5 Å². The van der Waals surface area contributed by atoms with Crippen molar-refractivity contribution in [3.63, 3.8) is 0 Å². The number of hydrogen-bond acceptors (Lipinski definition) is 5. The van der Waals surface area contributed by atoms with Crippen LogP contribution in [-0.4, -0.2) is 31.5 Å². The molecule has 1 amide bonds. The van der Waals surface area contributed by atoms with Gasteiger partial charge in [-0.15, -0.1) is 0 Å². The fourth-order valence-corrected chi connectivity index (χ4v) is 5.26. The lowest BCUT2D eigenvalue weighted by molar-refractivity contribution is -0.384. The molecule has 2 aromatic carbocycles. The van der Waals surface area contributed by atoms with E-state index in [1.807, 2.05) is 13.0 Å². The molecule has 166 valence electrons. The molecule has 0 heterocycles. The highest BCUT2D eigenvalue weighted by atomic mass is 32.2. The summed E-state index contributed by atoms with van der Waals surface area (Å²) in [5.41, 5.74) is 3.43. The number of sulfonamides is 1. The van der Waals surface area contributed by atoms with Gasteiger partial charge in [-0.05, 0) is 55.4 Å². The molecule has 0 radical (unpaired) electrons. The van der Waals surface area contributed by atoms with E-state index >= 15 is 0 Å². The number of nitro benzene ring substituents is 1. The first-order valence-corrected chi connectivity index (χ1v) is 12.1. The SMILES string of the molecule is CC[C@@H](C(=O)N[C@@H](C)c1ccc2c(c1)CCC2)N(c1cccc([N+](=O)[O-])c1)S(C)(=O)=O. The van der Waals surface area contributed by atoms with Gasteiger partial charge in [-0.25, -0.2) is 8.42 Å². The van der Waals surface area contributed by atoms with Crippen molar-refractivity contribution in [1.82, 2.24) is 5.32 Å². The summed E-state index contributed by atoms with van der Waals surface area (Å²) in [6, 6.07) is 10.1. The lowest BCUT2D eigenvalue weighted by Crippen LogP contribution is -2.49. The van der Waals surface area contributed by atoms with E-state index in [4.69, 9.17) is 0 Å². The number of fused-ring (bicyclic) bond motifs is 1. The van der Waals surface area contributed by atoms with E-state index in [-0.39, 0.29) is 23.8 Å². The van der Waals surface area contributed by atoms with Crippen LogP contribution in [0.2, 0.25) is 0 Å². The second-order valence-electron chi connectivity index (χ2n) is 7.87. The Hall–Kier alpha value is -2.94. The van der Waals surface area contributed by atoms with Crippen LogP contribution in [0.25, 0.3) is 0 Å². The van der Waals surface area contributed by atoms with Gasteiger partial charge in [0.25, 0.3) is 5.69 Å². The number of benzene rings is 2. The van der Waals surface area contributed by atoms with Crippen LogP contribution >= 0.6 is 0 Å². The molecule has 2 aromatic rings. The number of hydrogen-bond donors (Lipinski definition) is 1. The van der Waals surface area contributed by atoms with Crippen molar-refractivity contribution < 1.29 is 18.1 Å². The number of anilines is 1.